The Hall–Kier alpha value is -3.14. The van der Waals surface area contributed by atoms with Crippen LogP contribution in [0.25, 0.3) is 0 Å². The van der Waals surface area contributed by atoms with Crippen LogP contribution in [0.2, 0.25) is 0 Å². The van der Waals surface area contributed by atoms with Gasteiger partial charge in [-0.3, -0.25) is 9.78 Å². The number of carbonyl (C=O) groups excluding carboxylic acids is 1. The average molecular weight is 331 g/mol. The molecule has 1 amide bonds. The first-order valence-corrected chi connectivity index (χ1v) is 8.20. The number of hydrogen-bond acceptors (Lipinski definition) is 3. The lowest BCUT2D eigenvalue weighted by Crippen LogP contribution is -2.13. The highest BCUT2D eigenvalue weighted by molar-refractivity contribution is 6.03. The number of amides is 1. The monoisotopic (exact) mass is 331 g/mol. The van der Waals surface area contributed by atoms with Gasteiger partial charge in [0.25, 0.3) is 5.91 Å². The molecule has 0 fully saturated rings. The highest BCUT2D eigenvalue weighted by atomic mass is 16.1. The Labute approximate surface area is 147 Å². The molecular weight excluding hydrogens is 310 g/mol. The summed E-state index contributed by atoms with van der Waals surface area (Å²) < 4.78 is 0. The molecule has 126 valence electrons. The minimum Gasteiger partial charge on any atom is -0.355 e. The summed E-state index contributed by atoms with van der Waals surface area (Å²) in [5.41, 5.74) is 6.59. The largest absolute Gasteiger partial charge is 0.355 e. The van der Waals surface area contributed by atoms with Gasteiger partial charge in [-0.1, -0.05) is 35.9 Å². The van der Waals surface area contributed by atoms with Crippen LogP contribution in [0.1, 0.15) is 27.2 Å². The topological polar surface area (TPSA) is 54.0 Å². The van der Waals surface area contributed by atoms with E-state index in [1.165, 1.54) is 16.7 Å². The van der Waals surface area contributed by atoms with Gasteiger partial charge in [-0.2, -0.15) is 0 Å². The van der Waals surface area contributed by atoms with Crippen LogP contribution in [0.3, 0.4) is 0 Å². The predicted molar refractivity (Wildman–Crippen MR) is 103 cm³/mol. The molecule has 0 spiro atoms. The van der Waals surface area contributed by atoms with E-state index >= 15 is 0 Å². The number of nitrogens with zero attached hydrogens (tertiary/aromatic N) is 1. The second kappa shape index (κ2) is 7.18. The van der Waals surface area contributed by atoms with Crippen molar-refractivity contribution >= 4 is 23.0 Å². The first-order chi connectivity index (χ1) is 12.0. The van der Waals surface area contributed by atoms with E-state index in [0.717, 1.165) is 17.1 Å². The summed E-state index contributed by atoms with van der Waals surface area (Å²) in [4.78, 5) is 16.6. The number of aromatic nitrogens is 1. The van der Waals surface area contributed by atoms with E-state index in [9.17, 15) is 4.79 Å². The maximum atomic E-state index is 12.4. The van der Waals surface area contributed by atoms with Gasteiger partial charge < -0.3 is 10.6 Å². The summed E-state index contributed by atoms with van der Waals surface area (Å²) in [7, 11) is 0. The molecule has 4 heteroatoms. The van der Waals surface area contributed by atoms with Crippen LogP contribution in [-0.4, -0.2) is 10.9 Å². The van der Waals surface area contributed by atoms with Gasteiger partial charge in [0.05, 0.1) is 0 Å². The Morgan fingerprint density at radius 2 is 1.56 bits per heavy atom. The zero-order valence-corrected chi connectivity index (χ0v) is 14.6. The average Bonchev–Trinajstić information content (AvgIpc) is 2.59. The van der Waals surface area contributed by atoms with Crippen molar-refractivity contribution in [1.29, 1.82) is 0 Å². The molecule has 0 saturated heterocycles. The number of rotatable bonds is 4. The summed E-state index contributed by atoms with van der Waals surface area (Å²) in [6.45, 7) is 6.24. The smallest absolute Gasteiger partial charge is 0.274 e. The number of para-hydroxylation sites is 1. The molecule has 3 rings (SSSR count). The third kappa shape index (κ3) is 4.04. The van der Waals surface area contributed by atoms with Crippen molar-refractivity contribution in [2.24, 2.45) is 0 Å². The third-order valence-electron chi connectivity index (χ3n) is 3.97. The maximum Gasteiger partial charge on any atom is 0.274 e. The molecule has 3 aromatic rings. The van der Waals surface area contributed by atoms with E-state index in [4.69, 9.17) is 0 Å². The fourth-order valence-corrected chi connectivity index (χ4v) is 2.87. The van der Waals surface area contributed by atoms with Crippen molar-refractivity contribution < 1.29 is 4.79 Å². The zero-order chi connectivity index (χ0) is 17.8. The van der Waals surface area contributed by atoms with E-state index in [1.807, 2.05) is 36.4 Å². The Balaban J connectivity index is 1.81. The molecule has 0 aliphatic rings. The van der Waals surface area contributed by atoms with E-state index in [1.54, 1.807) is 12.3 Å². The number of anilines is 3. The van der Waals surface area contributed by atoms with Gasteiger partial charge >= 0.3 is 0 Å². The van der Waals surface area contributed by atoms with Crippen LogP contribution in [-0.2, 0) is 0 Å². The Kier molecular flexibility index (Phi) is 4.80. The maximum absolute atomic E-state index is 12.4. The highest BCUT2D eigenvalue weighted by Crippen LogP contribution is 2.26. The Bertz CT molecular complexity index is 881. The van der Waals surface area contributed by atoms with Crippen molar-refractivity contribution in [3.05, 3.63) is 83.2 Å². The highest BCUT2D eigenvalue weighted by Gasteiger charge is 2.10. The number of aryl methyl sites for hydroxylation is 3. The van der Waals surface area contributed by atoms with Crippen molar-refractivity contribution in [3.8, 4) is 0 Å². The first-order valence-electron chi connectivity index (χ1n) is 8.20. The van der Waals surface area contributed by atoms with Crippen LogP contribution in [0.15, 0.2) is 60.8 Å². The molecule has 1 heterocycles. The summed E-state index contributed by atoms with van der Waals surface area (Å²) in [6, 6.07) is 17.3. The molecule has 0 bridgehead atoms. The molecule has 1 aromatic heterocycles. The van der Waals surface area contributed by atoms with Gasteiger partial charge in [0.15, 0.2) is 0 Å². The second-order valence-corrected chi connectivity index (χ2v) is 6.15. The molecule has 0 aliphatic carbocycles. The van der Waals surface area contributed by atoms with Crippen molar-refractivity contribution in [2.75, 3.05) is 10.6 Å². The standard InChI is InChI=1S/C21H21N3O/c1-14-11-15(2)20(16(3)12-14)23-18-9-10-22-19(13-18)21(25)24-17-7-5-4-6-8-17/h4-13H,1-3H3,(H,22,23)(H,24,25). The van der Waals surface area contributed by atoms with Gasteiger partial charge in [-0.25, -0.2) is 0 Å². The van der Waals surface area contributed by atoms with E-state index in [-0.39, 0.29) is 5.91 Å². The molecule has 0 unspecified atom stereocenters. The van der Waals surface area contributed by atoms with E-state index in [2.05, 4.69) is 48.5 Å². The lowest BCUT2D eigenvalue weighted by Gasteiger charge is -2.14. The van der Waals surface area contributed by atoms with Gasteiger partial charge in [0.2, 0.25) is 0 Å². The summed E-state index contributed by atoms with van der Waals surface area (Å²) in [5.74, 6) is -0.229. The number of nitrogens with one attached hydrogen (secondary N) is 2. The number of carbonyl (C=O) groups is 1. The second-order valence-electron chi connectivity index (χ2n) is 6.15. The quantitative estimate of drug-likeness (QED) is 0.707. The lowest BCUT2D eigenvalue weighted by molar-refractivity contribution is 0.102. The van der Waals surface area contributed by atoms with Crippen LogP contribution >= 0.6 is 0 Å². The molecular formula is C21H21N3O. The summed E-state index contributed by atoms with van der Waals surface area (Å²) in [6.07, 6.45) is 1.64. The molecule has 2 aromatic carbocycles. The van der Waals surface area contributed by atoms with E-state index < -0.39 is 0 Å². The Morgan fingerprint density at radius 3 is 2.24 bits per heavy atom. The number of pyridine rings is 1. The lowest BCUT2D eigenvalue weighted by atomic mass is 10.0. The Morgan fingerprint density at radius 1 is 0.880 bits per heavy atom. The minimum absolute atomic E-state index is 0.229. The summed E-state index contributed by atoms with van der Waals surface area (Å²) in [5, 5.41) is 6.26. The molecule has 0 radical (unpaired) electrons. The van der Waals surface area contributed by atoms with Gasteiger partial charge in [0.1, 0.15) is 5.69 Å². The SMILES string of the molecule is Cc1cc(C)c(Nc2ccnc(C(=O)Nc3ccccc3)c2)c(C)c1. The molecule has 4 nitrogen and oxygen atoms in total. The molecule has 0 aliphatic heterocycles. The zero-order valence-electron chi connectivity index (χ0n) is 14.6. The first kappa shape index (κ1) is 16.7. The van der Waals surface area contributed by atoms with Gasteiger partial charge in [-0.15, -0.1) is 0 Å². The number of benzene rings is 2. The fraction of sp³-hybridized carbons (Fsp3) is 0.143. The van der Waals surface area contributed by atoms with Crippen LogP contribution in [0, 0.1) is 20.8 Å². The van der Waals surface area contributed by atoms with Gasteiger partial charge in [0, 0.05) is 23.3 Å². The van der Waals surface area contributed by atoms with Crippen molar-refractivity contribution in [2.45, 2.75) is 20.8 Å². The van der Waals surface area contributed by atoms with Gasteiger partial charge in [-0.05, 0) is 56.2 Å². The van der Waals surface area contributed by atoms with Crippen LogP contribution < -0.4 is 10.6 Å². The molecule has 25 heavy (non-hydrogen) atoms. The van der Waals surface area contributed by atoms with Crippen LogP contribution in [0.4, 0.5) is 17.1 Å². The van der Waals surface area contributed by atoms with Crippen LogP contribution in [0.5, 0.6) is 0 Å². The fourth-order valence-electron chi connectivity index (χ4n) is 2.87. The van der Waals surface area contributed by atoms with Crippen molar-refractivity contribution in [3.63, 3.8) is 0 Å². The third-order valence-corrected chi connectivity index (χ3v) is 3.97. The molecule has 0 atom stereocenters. The molecule has 2 N–H and O–H groups in total. The minimum atomic E-state index is -0.229. The summed E-state index contributed by atoms with van der Waals surface area (Å²) >= 11 is 0. The normalized spacial score (nSPS) is 10.4. The van der Waals surface area contributed by atoms with E-state index in [0.29, 0.717) is 5.69 Å². The number of hydrogen-bond donors (Lipinski definition) is 2. The predicted octanol–water partition coefficient (Wildman–Crippen LogP) is 5.00. The molecule has 0 saturated carbocycles. The van der Waals surface area contributed by atoms with Crippen molar-refractivity contribution in [1.82, 2.24) is 4.98 Å².